The second kappa shape index (κ2) is 8.27. The highest BCUT2D eigenvalue weighted by Gasteiger charge is 2.33. The third kappa shape index (κ3) is 5.08. The summed E-state index contributed by atoms with van der Waals surface area (Å²) in [6.07, 6.45) is 6.77. The molecule has 0 spiro atoms. The maximum absolute atomic E-state index is 13.6. The number of hydrogen-bond acceptors (Lipinski definition) is 3. The van der Waals surface area contributed by atoms with E-state index in [4.69, 9.17) is 0 Å². The Morgan fingerprint density at radius 1 is 1.11 bits per heavy atom. The third-order valence-corrected chi connectivity index (χ3v) is 6.33. The van der Waals surface area contributed by atoms with Crippen molar-refractivity contribution in [2.24, 2.45) is 5.92 Å². The van der Waals surface area contributed by atoms with Crippen LogP contribution in [0.3, 0.4) is 0 Å². The summed E-state index contributed by atoms with van der Waals surface area (Å²) >= 11 is 0. The molecule has 1 aromatic carbocycles. The van der Waals surface area contributed by atoms with E-state index in [9.17, 15) is 9.18 Å². The zero-order valence-corrected chi connectivity index (χ0v) is 16.4. The van der Waals surface area contributed by atoms with Crippen molar-refractivity contribution in [3.63, 3.8) is 0 Å². The number of amides is 1. The highest BCUT2D eigenvalue weighted by molar-refractivity contribution is 5.79. The van der Waals surface area contributed by atoms with Gasteiger partial charge in [0.1, 0.15) is 5.82 Å². The Hall–Kier alpha value is -1.46. The Labute approximate surface area is 162 Å². The normalized spacial score (nSPS) is 25.5. The predicted octanol–water partition coefficient (Wildman–Crippen LogP) is 3.09. The second-order valence-electron chi connectivity index (χ2n) is 8.76. The molecule has 0 unspecified atom stereocenters. The van der Waals surface area contributed by atoms with Crippen molar-refractivity contribution in [3.05, 3.63) is 35.1 Å². The summed E-state index contributed by atoms with van der Waals surface area (Å²) in [5.74, 6) is 0.317. The molecule has 4 rings (SSSR count). The molecule has 2 saturated heterocycles. The molecular formula is C22H32FN3O. The average Bonchev–Trinajstić information content (AvgIpc) is 3.45. The average molecular weight is 374 g/mol. The minimum Gasteiger partial charge on any atom is -0.353 e. The Morgan fingerprint density at radius 3 is 2.59 bits per heavy atom. The Bertz CT molecular complexity index is 647. The van der Waals surface area contributed by atoms with Gasteiger partial charge in [0.15, 0.2) is 0 Å². The van der Waals surface area contributed by atoms with E-state index < -0.39 is 0 Å². The molecule has 1 amide bonds. The highest BCUT2D eigenvalue weighted by atomic mass is 19.1. The number of aryl methyl sites for hydroxylation is 1. The van der Waals surface area contributed by atoms with Gasteiger partial charge in [-0.25, -0.2) is 4.39 Å². The maximum Gasteiger partial charge on any atom is 0.224 e. The molecule has 1 aromatic rings. The quantitative estimate of drug-likeness (QED) is 0.862. The Morgan fingerprint density at radius 2 is 1.89 bits per heavy atom. The molecule has 1 aliphatic carbocycles. The van der Waals surface area contributed by atoms with E-state index in [1.807, 2.05) is 6.92 Å². The number of likely N-dealkylation sites (tertiary alicyclic amines) is 2. The summed E-state index contributed by atoms with van der Waals surface area (Å²) in [5, 5.41) is 3.19. The van der Waals surface area contributed by atoms with Crippen molar-refractivity contribution in [3.8, 4) is 0 Å². The van der Waals surface area contributed by atoms with Crippen molar-refractivity contribution >= 4 is 5.91 Å². The molecule has 0 bridgehead atoms. The lowest BCUT2D eigenvalue weighted by Crippen LogP contribution is -2.50. The molecule has 0 aromatic heterocycles. The molecular weight excluding hydrogens is 341 g/mol. The number of carbonyl (C=O) groups is 1. The topological polar surface area (TPSA) is 35.6 Å². The Kier molecular flexibility index (Phi) is 5.79. The number of benzene rings is 1. The van der Waals surface area contributed by atoms with E-state index in [1.54, 1.807) is 12.1 Å². The predicted molar refractivity (Wildman–Crippen MR) is 105 cm³/mol. The molecule has 27 heavy (non-hydrogen) atoms. The van der Waals surface area contributed by atoms with Crippen molar-refractivity contribution < 1.29 is 9.18 Å². The maximum atomic E-state index is 13.6. The van der Waals surface area contributed by atoms with E-state index in [-0.39, 0.29) is 17.6 Å². The van der Waals surface area contributed by atoms with E-state index in [2.05, 4.69) is 21.2 Å². The van der Waals surface area contributed by atoms with Crippen LogP contribution in [0.2, 0.25) is 0 Å². The fraction of sp³-hybridized carbons (Fsp3) is 0.682. The molecule has 3 fully saturated rings. The van der Waals surface area contributed by atoms with Gasteiger partial charge in [0.2, 0.25) is 5.91 Å². The summed E-state index contributed by atoms with van der Waals surface area (Å²) in [5.41, 5.74) is 2.06. The van der Waals surface area contributed by atoms with Gasteiger partial charge in [0.05, 0.1) is 5.92 Å². The molecule has 1 atom stereocenters. The standard InChI is InChI=1S/C22H32FN3O/c1-16-11-17(13-19(23)12-16)14-25-9-6-21(7-10-25)26-8-2-3-18(15-26)22(27)24-20-4-5-20/h11-13,18,20-21H,2-10,14-15H2,1H3,(H,24,27)/t18-/m1/s1. The van der Waals surface area contributed by atoms with Gasteiger partial charge < -0.3 is 5.32 Å². The largest absolute Gasteiger partial charge is 0.353 e. The zero-order chi connectivity index (χ0) is 18.8. The molecule has 2 heterocycles. The molecule has 1 N–H and O–H groups in total. The van der Waals surface area contributed by atoms with Crippen molar-refractivity contribution in [2.45, 2.75) is 64.1 Å². The number of halogens is 1. The number of nitrogens with one attached hydrogen (secondary N) is 1. The van der Waals surface area contributed by atoms with Crippen molar-refractivity contribution in [1.29, 1.82) is 0 Å². The Balaban J connectivity index is 1.26. The number of hydrogen-bond donors (Lipinski definition) is 1. The number of nitrogens with zero attached hydrogens (tertiary/aromatic N) is 2. The van der Waals surface area contributed by atoms with Crippen molar-refractivity contribution in [1.82, 2.24) is 15.1 Å². The van der Waals surface area contributed by atoms with Crippen LogP contribution in [0.1, 0.15) is 49.7 Å². The van der Waals surface area contributed by atoms with E-state index >= 15 is 0 Å². The molecule has 148 valence electrons. The monoisotopic (exact) mass is 373 g/mol. The first-order valence-corrected chi connectivity index (χ1v) is 10.6. The lowest BCUT2D eigenvalue weighted by molar-refractivity contribution is -0.127. The summed E-state index contributed by atoms with van der Waals surface area (Å²) in [6, 6.07) is 6.38. The van der Waals surface area contributed by atoms with E-state index in [1.165, 1.54) is 0 Å². The van der Waals surface area contributed by atoms with Gasteiger partial charge in [-0.1, -0.05) is 6.07 Å². The molecule has 2 aliphatic heterocycles. The van der Waals surface area contributed by atoms with Crippen LogP contribution in [-0.2, 0) is 11.3 Å². The SMILES string of the molecule is Cc1cc(F)cc(CN2CCC(N3CCC[C@@H](C(=O)NC4CC4)C3)CC2)c1. The van der Waals surface area contributed by atoms with Gasteiger partial charge in [-0.15, -0.1) is 0 Å². The summed E-state index contributed by atoms with van der Waals surface area (Å²) in [6.45, 7) is 6.93. The second-order valence-corrected chi connectivity index (χ2v) is 8.76. The van der Waals surface area contributed by atoms with Crippen molar-refractivity contribution in [2.75, 3.05) is 26.2 Å². The van der Waals surface area contributed by atoms with Gasteiger partial charge in [-0.2, -0.15) is 0 Å². The number of rotatable bonds is 5. The third-order valence-electron chi connectivity index (χ3n) is 6.33. The smallest absolute Gasteiger partial charge is 0.224 e. The van der Waals surface area contributed by atoms with Gasteiger partial charge in [-0.05, 0) is 88.3 Å². The summed E-state index contributed by atoms with van der Waals surface area (Å²) in [7, 11) is 0. The van der Waals surface area contributed by atoms with Crippen LogP contribution in [0.25, 0.3) is 0 Å². The van der Waals surface area contributed by atoms with Crippen LogP contribution in [0.4, 0.5) is 4.39 Å². The van der Waals surface area contributed by atoms with E-state index in [0.29, 0.717) is 12.1 Å². The zero-order valence-electron chi connectivity index (χ0n) is 16.4. The minimum atomic E-state index is -0.135. The van der Waals surface area contributed by atoms with Crippen LogP contribution >= 0.6 is 0 Å². The van der Waals surface area contributed by atoms with Crippen LogP contribution in [-0.4, -0.2) is 54.0 Å². The molecule has 1 saturated carbocycles. The first-order valence-electron chi connectivity index (χ1n) is 10.6. The molecule has 3 aliphatic rings. The van der Waals surface area contributed by atoms with Gasteiger partial charge in [-0.3, -0.25) is 14.6 Å². The van der Waals surface area contributed by atoms with Crippen LogP contribution in [0.5, 0.6) is 0 Å². The minimum absolute atomic E-state index is 0.135. The fourth-order valence-corrected chi connectivity index (χ4v) is 4.70. The number of piperidine rings is 2. The lowest BCUT2D eigenvalue weighted by Gasteiger charge is -2.42. The molecule has 0 radical (unpaired) electrons. The highest BCUT2D eigenvalue weighted by Crippen LogP contribution is 2.26. The fourth-order valence-electron chi connectivity index (χ4n) is 4.70. The lowest BCUT2D eigenvalue weighted by atomic mass is 9.93. The van der Waals surface area contributed by atoms with Gasteiger partial charge >= 0.3 is 0 Å². The van der Waals surface area contributed by atoms with Crippen LogP contribution in [0, 0.1) is 18.7 Å². The van der Waals surface area contributed by atoms with E-state index in [0.717, 1.165) is 82.4 Å². The first kappa shape index (κ1) is 18.9. The summed E-state index contributed by atoms with van der Waals surface area (Å²) < 4.78 is 13.6. The first-order chi connectivity index (χ1) is 13.1. The van der Waals surface area contributed by atoms with Gasteiger partial charge in [0.25, 0.3) is 0 Å². The summed E-state index contributed by atoms with van der Waals surface area (Å²) in [4.78, 5) is 17.4. The molecule has 5 heteroatoms. The molecule has 4 nitrogen and oxygen atoms in total. The van der Waals surface area contributed by atoms with Crippen LogP contribution < -0.4 is 5.32 Å². The van der Waals surface area contributed by atoms with Gasteiger partial charge in [0, 0.05) is 25.2 Å². The van der Waals surface area contributed by atoms with Crippen LogP contribution in [0.15, 0.2) is 18.2 Å². The number of carbonyl (C=O) groups excluding carboxylic acids is 1.